The van der Waals surface area contributed by atoms with Gasteiger partial charge in [-0.05, 0) is 25.1 Å². The third kappa shape index (κ3) is 3.83. The van der Waals surface area contributed by atoms with E-state index in [4.69, 9.17) is 11.6 Å². The van der Waals surface area contributed by atoms with Crippen molar-refractivity contribution in [3.8, 4) is 10.7 Å². The summed E-state index contributed by atoms with van der Waals surface area (Å²) in [6.45, 7) is 3.06. The van der Waals surface area contributed by atoms with Crippen molar-refractivity contribution in [1.29, 1.82) is 0 Å². The maximum atomic E-state index is 13.9. The molecule has 138 valence electrons. The normalized spacial score (nSPS) is 11.1. The minimum Gasteiger partial charge on any atom is -0.313 e. The standard InChI is InChI=1S/C17H15ClFN7S/c1-2-25-8-6-14(23-25)16-21-22-17(27-16)20-15-7-9-26(24-15)10-11-12(18)4-3-5-13(11)19/h3-9H,2,10H2,1H3,(H,20,22,24). The molecule has 0 saturated carbocycles. The summed E-state index contributed by atoms with van der Waals surface area (Å²) in [5, 5.41) is 21.9. The van der Waals surface area contributed by atoms with Crippen LogP contribution in [0.3, 0.4) is 0 Å². The molecule has 3 aromatic heterocycles. The van der Waals surface area contributed by atoms with E-state index in [9.17, 15) is 4.39 Å². The highest BCUT2D eigenvalue weighted by molar-refractivity contribution is 7.18. The highest BCUT2D eigenvalue weighted by atomic mass is 35.5. The molecule has 0 aliphatic rings. The van der Waals surface area contributed by atoms with Crippen LogP contribution in [0, 0.1) is 5.82 Å². The molecule has 4 rings (SSSR count). The summed E-state index contributed by atoms with van der Waals surface area (Å²) in [6.07, 6.45) is 3.65. The molecule has 7 nitrogen and oxygen atoms in total. The molecule has 0 amide bonds. The number of nitrogens with zero attached hydrogens (tertiary/aromatic N) is 6. The lowest BCUT2D eigenvalue weighted by atomic mass is 10.2. The minimum absolute atomic E-state index is 0.239. The van der Waals surface area contributed by atoms with Crippen LogP contribution < -0.4 is 5.32 Å². The summed E-state index contributed by atoms with van der Waals surface area (Å²) in [4.78, 5) is 0. The number of hydrogen-bond donors (Lipinski definition) is 1. The molecule has 0 aliphatic heterocycles. The summed E-state index contributed by atoms with van der Waals surface area (Å²) < 4.78 is 17.4. The average Bonchev–Trinajstić information content (AvgIpc) is 3.39. The molecule has 0 unspecified atom stereocenters. The topological polar surface area (TPSA) is 73.5 Å². The van der Waals surface area contributed by atoms with Crippen LogP contribution in [0.15, 0.2) is 42.7 Å². The van der Waals surface area contributed by atoms with E-state index in [1.165, 1.54) is 17.4 Å². The first-order valence-corrected chi connectivity index (χ1v) is 9.42. The number of anilines is 2. The van der Waals surface area contributed by atoms with E-state index in [2.05, 4.69) is 25.7 Å². The lowest BCUT2D eigenvalue weighted by molar-refractivity contribution is 0.586. The number of hydrogen-bond acceptors (Lipinski definition) is 6. The van der Waals surface area contributed by atoms with E-state index >= 15 is 0 Å². The maximum Gasteiger partial charge on any atom is 0.211 e. The number of rotatable bonds is 6. The Bertz CT molecular complexity index is 1050. The van der Waals surface area contributed by atoms with E-state index in [0.717, 1.165) is 17.2 Å². The molecule has 27 heavy (non-hydrogen) atoms. The van der Waals surface area contributed by atoms with Crippen LogP contribution in [-0.2, 0) is 13.1 Å². The van der Waals surface area contributed by atoms with Crippen LogP contribution in [0.1, 0.15) is 12.5 Å². The van der Waals surface area contributed by atoms with Crippen LogP contribution in [-0.4, -0.2) is 29.8 Å². The fourth-order valence-electron chi connectivity index (χ4n) is 2.50. The molecule has 1 aromatic carbocycles. The number of aryl methyl sites for hydroxylation is 1. The molecule has 0 spiro atoms. The molecular formula is C17H15ClFN7S. The molecule has 0 saturated heterocycles. The predicted octanol–water partition coefficient (Wildman–Crippen LogP) is 4.20. The average molecular weight is 404 g/mol. The van der Waals surface area contributed by atoms with E-state index in [1.807, 2.05) is 23.9 Å². The van der Waals surface area contributed by atoms with Crippen molar-refractivity contribution in [2.75, 3.05) is 5.32 Å². The van der Waals surface area contributed by atoms with Gasteiger partial charge in [0.2, 0.25) is 5.13 Å². The second-order valence-corrected chi connectivity index (χ2v) is 7.08. The summed E-state index contributed by atoms with van der Waals surface area (Å²) >= 11 is 7.45. The first kappa shape index (κ1) is 17.6. The molecule has 0 radical (unpaired) electrons. The molecule has 0 fully saturated rings. The van der Waals surface area contributed by atoms with Gasteiger partial charge >= 0.3 is 0 Å². The fourth-order valence-corrected chi connectivity index (χ4v) is 3.44. The molecule has 3 heterocycles. The molecule has 4 aromatic rings. The van der Waals surface area contributed by atoms with Gasteiger partial charge in [0, 0.05) is 35.6 Å². The minimum atomic E-state index is -0.354. The second-order valence-electron chi connectivity index (χ2n) is 5.69. The Kier molecular flexibility index (Phi) is 4.87. The van der Waals surface area contributed by atoms with Gasteiger partial charge in [0.25, 0.3) is 0 Å². The first-order chi connectivity index (χ1) is 13.1. The molecule has 10 heteroatoms. The lowest BCUT2D eigenvalue weighted by Crippen LogP contribution is -2.04. The van der Waals surface area contributed by atoms with Crippen LogP contribution in [0.2, 0.25) is 5.02 Å². The zero-order valence-electron chi connectivity index (χ0n) is 14.3. The van der Waals surface area contributed by atoms with Crippen molar-refractivity contribution in [3.63, 3.8) is 0 Å². The van der Waals surface area contributed by atoms with Gasteiger partial charge in [0.15, 0.2) is 10.8 Å². The van der Waals surface area contributed by atoms with Crippen LogP contribution in [0.25, 0.3) is 10.7 Å². The molecule has 0 aliphatic carbocycles. The highest BCUT2D eigenvalue weighted by Gasteiger charge is 2.12. The van der Waals surface area contributed by atoms with Crippen molar-refractivity contribution < 1.29 is 4.39 Å². The zero-order valence-corrected chi connectivity index (χ0v) is 15.9. The number of nitrogens with one attached hydrogen (secondary N) is 1. The van der Waals surface area contributed by atoms with E-state index in [1.54, 1.807) is 29.1 Å². The lowest BCUT2D eigenvalue weighted by Gasteiger charge is -2.05. The Morgan fingerprint density at radius 3 is 2.74 bits per heavy atom. The SMILES string of the molecule is CCn1ccc(-c2nnc(Nc3ccn(Cc4c(F)cccc4Cl)n3)s2)n1. The van der Waals surface area contributed by atoms with E-state index in [-0.39, 0.29) is 12.4 Å². The molecule has 1 N–H and O–H groups in total. The Balaban J connectivity index is 1.47. The van der Waals surface area contributed by atoms with Crippen molar-refractivity contribution in [2.24, 2.45) is 0 Å². The Morgan fingerprint density at radius 1 is 1.11 bits per heavy atom. The zero-order chi connectivity index (χ0) is 18.8. The molecular weight excluding hydrogens is 389 g/mol. The van der Waals surface area contributed by atoms with Crippen molar-refractivity contribution in [2.45, 2.75) is 20.0 Å². The maximum absolute atomic E-state index is 13.9. The Morgan fingerprint density at radius 2 is 1.96 bits per heavy atom. The van der Waals surface area contributed by atoms with Gasteiger partial charge < -0.3 is 5.32 Å². The molecule has 0 bridgehead atoms. The Hall–Kier alpha value is -2.78. The third-order valence-corrected chi connectivity index (χ3v) is 5.08. The molecule has 0 atom stereocenters. The van der Waals surface area contributed by atoms with E-state index in [0.29, 0.717) is 21.5 Å². The monoisotopic (exact) mass is 403 g/mol. The van der Waals surface area contributed by atoms with Crippen LogP contribution in [0.4, 0.5) is 15.3 Å². The number of benzene rings is 1. The van der Waals surface area contributed by atoms with Crippen molar-refractivity contribution in [3.05, 3.63) is 59.1 Å². The first-order valence-electron chi connectivity index (χ1n) is 8.23. The summed E-state index contributed by atoms with van der Waals surface area (Å²) in [6, 6.07) is 8.30. The summed E-state index contributed by atoms with van der Waals surface area (Å²) in [7, 11) is 0. The van der Waals surface area contributed by atoms with Gasteiger partial charge in [0.1, 0.15) is 11.5 Å². The number of halogens is 2. The highest BCUT2D eigenvalue weighted by Crippen LogP contribution is 2.27. The summed E-state index contributed by atoms with van der Waals surface area (Å²) in [5.41, 5.74) is 1.18. The predicted molar refractivity (Wildman–Crippen MR) is 103 cm³/mol. The van der Waals surface area contributed by atoms with Gasteiger partial charge in [-0.2, -0.15) is 10.2 Å². The van der Waals surface area contributed by atoms with Gasteiger partial charge in [-0.25, -0.2) is 4.39 Å². The van der Waals surface area contributed by atoms with Gasteiger partial charge in [0.05, 0.1) is 6.54 Å². The third-order valence-electron chi connectivity index (χ3n) is 3.87. The largest absolute Gasteiger partial charge is 0.313 e. The van der Waals surface area contributed by atoms with Crippen LogP contribution >= 0.6 is 22.9 Å². The quantitative estimate of drug-likeness (QED) is 0.522. The van der Waals surface area contributed by atoms with Gasteiger partial charge in [-0.3, -0.25) is 9.36 Å². The summed E-state index contributed by atoms with van der Waals surface area (Å²) in [5.74, 6) is 0.233. The smallest absolute Gasteiger partial charge is 0.211 e. The van der Waals surface area contributed by atoms with Crippen molar-refractivity contribution >= 4 is 33.9 Å². The fraction of sp³-hybridized carbons (Fsp3) is 0.176. The van der Waals surface area contributed by atoms with Crippen LogP contribution in [0.5, 0.6) is 0 Å². The Labute approximate surface area is 163 Å². The van der Waals surface area contributed by atoms with Crippen molar-refractivity contribution in [1.82, 2.24) is 29.8 Å². The number of aromatic nitrogens is 6. The second kappa shape index (κ2) is 7.45. The van der Waals surface area contributed by atoms with Gasteiger partial charge in [-0.1, -0.05) is 29.0 Å². The van der Waals surface area contributed by atoms with Gasteiger partial charge in [-0.15, -0.1) is 10.2 Å². The van der Waals surface area contributed by atoms with E-state index < -0.39 is 0 Å².